The summed E-state index contributed by atoms with van der Waals surface area (Å²) in [6.45, 7) is 23.6. The van der Waals surface area contributed by atoms with Gasteiger partial charge >= 0.3 is 0 Å². The number of hydrogen-bond acceptors (Lipinski definition) is 3. The van der Waals surface area contributed by atoms with Crippen LogP contribution < -0.4 is 4.90 Å². The SMILES string of the molecule is C#C/C(=C\C)N1C(CC)C(/C(CC)=C(/C=C\C)C/C=C\C)=NC1C(=C)/C=C\C(=C/C)C(=C)/C=C\C(=C/C)N(c1ccccc1)c1ccccc1. The Balaban J connectivity index is 1.97. The van der Waals surface area contributed by atoms with Crippen molar-refractivity contribution in [2.75, 3.05) is 4.90 Å². The molecule has 0 amide bonds. The van der Waals surface area contributed by atoms with E-state index in [4.69, 9.17) is 11.4 Å². The van der Waals surface area contributed by atoms with Gasteiger partial charge in [-0.1, -0.05) is 130 Å². The molecule has 0 aliphatic carbocycles. The van der Waals surface area contributed by atoms with Crippen molar-refractivity contribution in [3.8, 4) is 12.3 Å². The maximum atomic E-state index is 6.09. The lowest BCUT2D eigenvalue weighted by Crippen LogP contribution is -2.39. The van der Waals surface area contributed by atoms with E-state index in [1.54, 1.807) is 0 Å². The molecule has 3 heteroatoms. The average molecular weight is 662 g/mol. The van der Waals surface area contributed by atoms with Crippen molar-refractivity contribution in [1.82, 2.24) is 4.90 Å². The van der Waals surface area contributed by atoms with E-state index >= 15 is 0 Å². The summed E-state index contributed by atoms with van der Waals surface area (Å²) in [5.41, 5.74) is 10.5. The lowest BCUT2D eigenvalue weighted by Gasteiger charge is -2.32. The highest BCUT2D eigenvalue weighted by molar-refractivity contribution is 6.06. The number of hydrogen-bond donors (Lipinski definition) is 0. The van der Waals surface area contributed by atoms with E-state index in [1.165, 1.54) is 11.1 Å². The van der Waals surface area contributed by atoms with E-state index in [9.17, 15) is 0 Å². The first-order chi connectivity index (χ1) is 24.3. The standard InChI is InChI=1S/C47H55N3/c1-11-19-27-39(26-12-2)44(17-7)46-45(18-8)50(40(14-4)15-5)47(48-46)37(10)32-34-38(13-3)36(9)33-35-41(16-6)49(42-28-22-20-23-29-42)43-30-24-21-25-31-43/h4,11-13,15-16,19-26,28-35,45,47H,9-10,17-18,27H2,1-3,5-8H3/b19-11-,26-12-,34-32-,35-33-,38-13+,40-15+,41-16+,44-39-. The van der Waals surface area contributed by atoms with Crippen molar-refractivity contribution in [2.45, 2.75) is 79.9 Å². The minimum absolute atomic E-state index is 0.0451. The molecule has 50 heavy (non-hydrogen) atoms. The summed E-state index contributed by atoms with van der Waals surface area (Å²) in [5.74, 6) is 2.93. The monoisotopic (exact) mass is 661 g/mol. The predicted octanol–water partition coefficient (Wildman–Crippen LogP) is 12.5. The van der Waals surface area contributed by atoms with Crippen molar-refractivity contribution < 1.29 is 0 Å². The summed E-state index contributed by atoms with van der Waals surface area (Å²) >= 11 is 0. The van der Waals surface area contributed by atoms with Crippen LogP contribution in [0.5, 0.6) is 0 Å². The van der Waals surface area contributed by atoms with E-state index in [2.05, 4.69) is 173 Å². The number of para-hydroxylation sites is 2. The van der Waals surface area contributed by atoms with Gasteiger partial charge in [0.15, 0.2) is 0 Å². The number of anilines is 2. The fraction of sp³-hybridized carbons (Fsp3) is 0.255. The third-order valence-electron chi connectivity index (χ3n) is 8.78. The van der Waals surface area contributed by atoms with Crippen LogP contribution in [0.15, 0.2) is 185 Å². The third kappa shape index (κ3) is 9.64. The number of benzene rings is 2. The van der Waals surface area contributed by atoms with Gasteiger partial charge in [-0.3, -0.25) is 4.99 Å². The van der Waals surface area contributed by atoms with Gasteiger partial charge in [0.25, 0.3) is 0 Å². The fourth-order valence-corrected chi connectivity index (χ4v) is 6.28. The van der Waals surface area contributed by atoms with Gasteiger partial charge in [0.1, 0.15) is 6.17 Å². The van der Waals surface area contributed by atoms with Crippen LogP contribution >= 0.6 is 0 Å². The highest BCUT2D eigenvalue weighted by Crippen LogP contribution is 2.35. The minimum atomic E-state index is -0.314. The summed E-state index contributed by atoms with van der Waals surface area (Å²) < 4.78 is 0. The summed E-state index contributed by atoms with van der Waals surface area (Å²) in [4.78, 5) is 9.90. The van der Waals surface area contributed by atoms with Gasteiger partial charge in [0.2, 0.25) is 0 Å². The molecule has 1 aliphatic rings. The lowest BCUT2D eigenvalue weighted by molar-refractivity contribution is 0.291. The van der Waals surface area contributed by atoms with Crippen LogP contribution in [0, 0.1) is 12.3 Å². The van der Waals surface area contributed by atoms with E-state index in [-0.39, 0.29) is 12.2 Å². The first kappa shape index (κ1) is 39.1. The molecule has 1 heterocycles. The molecular weight excluding hydrogens is 607 g/mol. The van der Waals surface area contributed by atoms with E-state index in [0.29, 0.717) is 0 Å². The first-order valence-corrected chi connectivity index (χ1v) is 17.8. The van der Waals surface area contributed by atoms with Crippen LogP contribution in [0.3, 0.4) is 0 Å². The largest absolute Gasteiger partial charge is 0.331 e. The molecule has 2 aromatic rings. The predicted molar refractivity (Wildman–Crippen MR) is 220 cm³/mol. The summed E-state index contributed by atoms with van der Waals surface area (Å²) in [6.07, 6.45) is 31.6. The number of aliphatic imine (C=N–C) groups is 1. The van der Waals surface area contributed by atoms with E-state index in [1.807, 2.05) is 32.1 Å². The Morgan fingerprint density at radius 3 is 1.94 bits per heavy atom. The number of rotatable bonds is 16. The highest BCUT2D eigenvalue weighted by Gasteiger charge is 2.38. The molecule has 3 rings (SSSR count). The van der Waals surface area contributed by atoms with Crippen LogP contribution in [0.25, 0.3) is 0 Å². The maximum absolute atomic E-state index is 6.09. The Kier molecular flexibility index (Phi) is 15.8. The maximum Gasteiger partial charge on any atom is 0.147 e. The van der Waals surface area contributed by atoms with Crippen LogP contribution in [0.2, 0.25) is 0 Å². The second-order valence-corrected chi connectivity index (χ2v) is 11.9. The Labute approximate surface area is 303 Å². The summed E-state index contributed by atoms with van der Waals surface area (Å²) in [7, 11) is 0. The molecule has 0 N–H and O–H groups in total. The molecule has 0 saturated heterocycles. The van der Waals surface area contributed by atoms with E-state index < -0.39 is 0 Å². The van der Waals surface area contributed by atoms with E-state index in [0.717, 1.165) is 64.5 Å². The Morgan fingerprint density at radius 2 is 1.46 bits per heavy atom. The smallest absolute Gasteiger partial charge is 0.147 e. The van der Waals surface area contributed by atoms with Gasteiger partial charge in [-0.05, 0) is 112 Å². The van der Waals surface area contributed by atoms with Crippen molar-refractivity contribution >= 4 is 17.1 Å². The normalized spacial score (nSPS) is 17.9. The zero-order chi connectivity index (χ0) is 36.5. The lowest BCUT2D eigenvalue weighted by atomic mass is 9.92. The van der Waals surface area contributed by atoms with Gasteiger partial charge in [-0.2, -0.15) is 0 Å². The molecule has 2 aromatic carbocycles. The molecule has 2 atom stereocenters. The molecule has 1 aliphatic heterocycles. The van der Waals surface area contributed by atoms with Crippen molar-refractivity contribution in [3.05, 3.63) is 180 Å². The van der Waals surface area contributed by atoms with Gasteiger partial charge in [0, 0.05) is 17.1 Å². The first-order valence-electron chi connectivity index (χ1n) is 17.8. The van der Waals surface area contributed by atoms with Crippen molar-refractivity contribution in [1.29, 1.82) is 0 Å². The van der Waals surface area contributed by atoms with Crippen molar-refractivity contribution in [2.24, 2.45) is 4.99 Å². The fourth-order valence-electron chi connectivity index (χ4n) is 6.28. The summed E-state index contributed by atoms with van der Waals surface area (Å²) in [5, 5.41) is 0. The van der Waals surface area contributed by atoms with Crippen molar-refractivity contribution in [3.63, 3.8) is 0 Å². The van der Waals surface area contributed by atoms with Gasteiger partial charge in [0.05, 0.1) is 17.5 Å². The molecule has 3 nitrogen and oxygen atoms in total. The molecule has 0 aromatic heterocycles. The Hall–Kier alpha value is -5.33. The van der Waals surface area contributed by atoms with Gasteiger partial charge in [-0.15, -0.1) is 6.42 Å². The minimum Gasteiger partial charge on any atom is -0.331 e. The van der Waals surface area contributed by atoms with Crippen LogP contribution in [0.1, 0.15) is 67.7 Å². The zero-order valence-corrected chi connectivity index (χ0v) is 31.2. The Morgan fingerprint density at radius 1 is 0.820 bits per heavy atom. The van der Waals surface area contributed by atoms with Gasteiger partial charge < -0.3 is 9.80 Å². The second kappa shape index (κ2) is 20.2. The molecule has 0 fully saturated rings. The molecule has 0 saturated carbocycles. The molecule has 258 valence electrons. The quantitative estimate of drug-likeness (QED) is 0.101. The third-order valence-corrected chi connectivity index (χ3v) is 8.78. The van der Waals surface area contributed by atoms with Crippen LogP contribution in [-0.2, 0) is 0 Å². The molecule has 0 bridgehead atoms. The van der Waals surface area contributed by atoms with Crippen LogP contribution in [-0.4, -0.2) is 22.8 Å². The molecule has 0 spiro atoms. The second-order valence-electron chi connectivity index (χ2n) is 11.9. The topological polar surface area (TPSA) is 18.8 Å². The zero-order valence-electron chi connectivity index (χ0n) is 31.2. The number of terminal acetylenes is 1. The molecular formula is C47H55N3. The number of nitrogens with zero attached hydrogens (tertiary/aromatic N) is 3. The average Bonchev–Trinajstić information content (AvgIpc) is 3.52. The molecule has 2 unspecified atom stereocenters. The Bertz CT molecular complexity index is 1740. The highest BCUT2D eigenvalue weighted by atomic mass is 15.3. The van der Waals surface area contributed by atoms with Crippen LogP contribution in [0.4, 0.5) is 11.4 Å². The summed E-state index contributed by atoms with van der Waals surface area (Å²) in [6, 6.07) is 20.8. The van der Waals surface area contributed by atoms with Gasteiger partial charge in [-0.25, -0.2) is 0 Å². The molecule has 0 radical (unpaired) electrons. The number of allylic oxidation sites excluding steroid dienone is 14.